The van der Waals surface area contributed by atoms with E-state index in [0.29, 0.717) is 12.2 Å². The number of imide groups is 1. The van der Waals surface area contributed by atoms with Crippen molar-refractivity contribution < 1.29 is 32.7 Å². The van der Waals surface area contributed by atoms with Crippen molar-refractivity contribution in [3.8, 4) is 0 Å². The lowest BCUT2D eigenvalue weighted by molar-refractivity contribution is -0.192. The summed E-state index contributed by atoms with van der Waals surface area (Å²) in [6, 6.07) is 5.17. The molecule has 1 aliphatic heterocycles. The second kappa shape index (κ2) is 10.4. The quantitative estimate of drug-likeness (QED) is 0.579. The van der Waals surface area contributed by atoms with Gasteiger partial charge in [-0.1, -0.05) is 19.1 Å². The maximum atomic E-state index is 12.0. The number of carbonyl (C=O) groups is 3. The molecular formula is C19H27F3N4O4. The lowest BCUT2D eigenvalue weighted by Crippen LogP contribution is -2.42. The Bertz CT molecular complexity index is 786. The average molecular weight is 432 g/mol. The van der Waals surface area contributed by atoms with E-state index in [-0.39, 0.29) is 17.9 Å². The van der Waals surface area contributed by atoms with Crippen LogP contribution in [-0.4, -0.2) is 60.3 Å². The van der Waals surface area contributed by atoms with Crippen molar-refractivity contribution in [2.24, 2.45) is 11.1 Å². The van der Waals surface area contributed by atoms with Gasteiger partial charge in [0.1, 0.15) is 0 Å². The van der Waals surface area contributed by atoms with Gasteiger partial charge in [-0.25, -0.2) is 9.59 Å². The lowest BCUT2D eigenvalue weighted by atomic mass is 9.90. The van der Waals surface area contributed by atoms with Gasteiger partial charge in [0.15, 0.2) is 0 Å². The van der Waals surface area contributed by atoms with Gasteiger partial charge in [-0.2, -0.15) is 13.2 Å². The van der Waals surface area contributed by atoms with E-state index in [1.54, 1.807) is 0 Å². The van der Waals surface area contributed by atoms with Crippen LogP contribution in [0.2, 0.25) is 0 Å². The second-order valence-electron chi connectivity index (χ2n) is 7.53. The standard InChI is InChI=1S/C17H26N4O2.C2HF3O2/c1-12-5-4-6-14(13(12)2)19-16(23)20-15(22)9-21-8-7-17(3,10-18)11-21;3-2(4,5)1(6)7/h4-6H,7-11,18H2,1-3H3,(H2,19,20,22,23);(H,6,7). The molecule has 30 heavy (non-hydrogen) atoms. The topological polar surface area (TPSA) is 125 Å². The molecule has 0 saturated carbocycles. The van der Waals surface area contributed by atoms with Crippen LogP contribution in [-0.2, 0) is 9.59 Å². The third kappa shape index (κ3) is 7.99. The number of benzene rings is 1. The van der Waals surface area contributed by atoms with Gasteiger partial charge in [-0.05, 0) is 56.0 Å². The fourth-order valence-electron chi connectivity index (χ4n) is 2.84. The number of halogens is 3. The van der Waals surface area contributed by atoms with Crippen molar-refractivity contribution in [1.82, 2.24) is 10.2 Å². The normalized spacial score (nSPS) is 18.9. The minimum Gasteiger partial charge on any atom is -0.475 e. The highest BCUT2D eigenvalue weighted by Gasteiger charge is 2.38. The second-order valence-corrected chi connectivity index (χ2v) is 7.53. The van der Waals surface area contributed by atoms with Gasteiger partial charge in [0.25, 0.3) is 0 Å². The number of likely N-dealkylation sites (tertiary alicyclic amines) is 1. The molecular weight excluding hydrogens is 405 g/mol. The Hall–Kier alpha value is -2.66. The van der Waals surface area contributed by atoms with E-state index in [1.807, 2.05) is 36.9 Å². The van der Waals surface area contributed by atoms with Gasteiger partial charge >= 0.3 is 18.2 Å². The van der Waals surface area contributed by atoms with Crippen molar-refractivity contribution in [2.75, 3.05) is 31.5 Å². The fraction of sp³-hybridized carbons (Fsp3) is 0.526. The first-order valence-electron chi connectivity index (χ1n) is 9.17. The van der Waals surface area contributed by atoms with Crippen LogP contribution >= 0.6 is 0 Å². The van der Waals surface area contributed by atoms with Crippen LogP contribution in [0.15, 0.2) is 18.2 Å². The van der Waals surface area contributed by atoms with Crippen LogP contribution in [0.5, 0.6) is 0 Å². The summed E-state index contributed by atoms with van der Waals surface area (Å²) >= 11 is 0. The van der Waals surface area contributed by atoms with Crippen molar-refractivity contribution in [3.05, 3.63) is 29.3 Å². The van der Waals surface area contributed by atoms with Crippen molar-refractivity contribution in [3.63, 3.8) is 0 Å². The minimum atomic E-state index is -5.08. The Morgan fingerprint density at radius 3 is 2.37 bits per heavy atom. The molecule has 1 unspecified atom stereocenters. The Morgan fingerprint density at radius 1 is 1.27 bits per heavy atom. The van der Waals surface area contributed by atoms with E-state index in [1.165, 1.54) is 0 Å². The molecule has 1 aromatic rings. The first-order chi connectivity index (χ1) is 13.8. The molecule has 3 amide bonds. The van der Waals surface area contributed by atoms with Crippen LogP contribution in [0.3, 0.4) is 0 Å². The van der Waals surface area contributed by atoms with E-state index in [0.717, 1.165) is 30.6 Å². The molecule has 168 valence electrons. The number of alkyl halides is 3. The van der Waals surface area contributed by atoms with Gasteiger partial charge in [0.05, 0.1) is 6.54 Å². The number of urea groups is 1. The lowest BCUT2D eigenvalue weighted by Gasteiger charge is -2.22. The monoisotopic (exact) mass is 432 g/mol. The number of amides is 3. The van der Waals surface area contributed by atoms with Gasteiger partial charge in [0.2, 0.25) is 5.91 Å². The number of nitrogens with one attached hydrogen (secondary N) is 2. The highest BCUT2D eigenvalue weighted by Crippen LogP contribution is 2.28. The van der Waals surface area contributed by atoms with E-state index in [4.69, 9.17) is 15.6 Å². The fourth-order valence-corrected chi connectivity index (χ4v) is 2.84. The summed E-state index contributed by atoms with van der Waals surface area (Å²) in [5.41, 5.74) is 8.63. The van der Waals surface area contributed by atoms with Crippen LogP contribution < -0.4 is 16.4 Å². The SMILES string of the molecule is Cc1cccc(NC(=O)NC(=O)CN2CCC(C)(CN)C2)c1C.O=C(O)C(F)(F)F. The number of hydrogen-bond acceptors (Lipinski definition) is 5. The van der Waals surface area contributed by atoms with E-state index < -0.39 is 18.2 Å². The number of anilines is 1. The van der Waals surface area contributed by atoms with Gasteiger partial charge < -0.3 is 16.2 Å². The summed E-state index contributed by atoms with van der Waals surface area (Å²) in [4.78, 5) is 34.9. The number of rotatable bonds is 4. The summed E-state index contributed by atoms with van der Waals surface area (Å²) in [6.45, 7) is 8.48. The summed E-state index contributed by atoms with van der Waals surface area (Å²) in [5.74, 6) is -3.05. The first-order valence-corrected chi connectivity index (χ1v) is 9.17. The Morgan fingerprint density at radius 2 is 1.87 bits per heavy atom. The van der Waals surface area contributed by atoms with Crippen LogP contribution in [0.1, 0.15) is 24.5 Å². The molecule has 1 atom stereocenters. The number of nitrogens with zero attached hydrogens (tertiary/aromatic N) is 1. The molecule has 0 bridgehead atoms. The number of nitrogens with two attached hydrogens (primary N) is 1. The number of carbonyl (C=O) groups excluding carboxylic acids is 2. The number of carboxylic acids is 1. The molecule has 1 heterocycles. The summed E-state index contributed by atoms with van der Waals surface area (Å²) in [7, 11) is 0. The summed E-state index contributed by atoms with van der Waals surface area (Å²) in [6.07, 6.45) is -4.11. The number of carboxylic acid groups (broad SMARTS) is 1. The zero-order valence-corrected chi connectivity index (χ0v) is 17.1. The predicted molar refractivity (Wildman–Crippen MR) is 105 cm³/mol. The molecule has 1 fully saturated rings. The molecule has 1 aliphatic rings. The highest BCUT2D eigenvalue weighted by molar-refractivity contribution is 6.02. The number of aryl methyl sites for hydroxylation is 1. The molecule has 5 N–H and O–H groups in total. The van der Waals surface area contributed by atoms with Gasteiger partial charge in [0, 0.05) is 12.2 Å². The Balaban J connectivity index is 0.000000553. The Labute approximate surface area is 172 Å². The van der Waals surface area contributed by atoms with E-state index in [9.17, 15) is 22.8 Å². The first kappa shape index (κ1) is 25.4. The molecule has 0 radical (unpaired) electrons. The molecule has 0 aliphatic carbocycles. The molecule has 2 rings (SSSR count). The maximum Gasteiger partial charge on any atom is 0.490 e. The smallest absolute Gasteiger partial charge is 0.475 e. The molecule has 11 heteroatoms. The number of aliphatic carboxylic acids is 1. The largest absolute Gasteiger partial charge is 0.490 e. The zero-order chi connectivity index (χ0) is 23.1. The van der Waals surface area contributed by atoms with Crippen molar-refractivity contribution >= 4 is 23.6 Å². The average Bonchev–Trinajstić information content (AvgIpc) is 3.00. The van der Waals surface area contributed by atoms with Crippen LogP contribution in [0, 0.1) is 19.3 Å². The van der Waals surface area contributed by atoms with Crippen LogP contribution in [0.25, 0.3) is 0 Å². The zero-order valence-electron chi connectivity index (χ0n) is 17.1. The summed E-state index contributed by atoms with van der Waals surface area (Å²) in [5, 5.41) is 12.2. The molecule has 1 aromatic carbocycles. The van der Waals surface area contributed by atoms with E-state index in [2.05, 4.69) is 17.6 Å². The molecule has 8 nitrogen and oxygen atoms in total. The van der Waals surface area contributed by atoms with Crippen LogP contribution in [0.4, 0.5) is 23.7 Å². The molecule has 0 aromatic heterocycles. The van der Waals surface area contributed by atoms with Gasteiger partial charge in [-0.15, -0.1) is 0 Å². The Kier molecular flexibility index (Phi) is 8.79. The molecule has 0 spiro atoms. The summed E-state index contributed by atoms with van der Waals surface area (Å²) < 4.78 is 31.7. The van der Waals surface area contributed by atoms with Gasteiger partial charge in [-0.3, -0.25) is 15.0 Å². The third-order valence-electron chi connectivity index (χ3n) is 4.85. The third-order valence-corrected chi connectivity index (χ3v) is 4.85. The van der Waals surface area contributed by atoms with Crippen molar-refractivity contribution in [2.45, 2.75) is 33.4 Å². The molecule has 1 saturated heterocycles. The predicted octanol–water partition coefficient (Wildman–Crippen LogP) is 2.26. The highest BCUT2D eigenvalue weighted by atomic mass is 19.4. The maximum absolute atomic E-state index is 12.0. The van der Waals surface area contributed by atoms with Crippen molar-refractivity contribution in [1.29, 1.82) is 0 Å². The number of hydrogen-bond donors (Lipinski definition) is 4. The van der Waals surface area contributed by atoms with E-state index >= 15 is 0 Å². The minimum absolute atomic E-state index is 0.0707.